The molecule has 1 fully saturated rings. The summed E-state index contributed by atoms with van der Waals surface area (Å²) in [6.45, 7) is 8.56. The largest absolute Gasteiger partial charge is 0.389 e. The molecular weight excluding hydrogens is 240 g/mol. The fourth-order valence-electron chi connectivity index (χ4n) is 2.56. The first-order valence-corrected chi connectivity index (χ1v) is 7.35. The standard InChI is InChI=1S/C15H28N2O2/c1-4-10-16-14(18)12(3)17-11-15(19)8-6-13(5-2)7-9-15/h4,12-13,17,19H,1,5-11H2,2-3H3,(H,16,18). The van der Waals surface area contributed by atoms with Crippen molar-refractivity contribution in [2.75, 3.05) is 13.1 Å². The van der Waals surface area contributed by atoms with E-state index in [-0.39, 0.29) is 11.9 Å². The Morgan fingerprint density at radius 3 is 2.68 bits per heavy atom. The number of nitrogens with one attached hydrogen (secondary N) is 2. The maximum Gasteiger partial charge on any atom is 0.237 e. The molecule has 0 aromatic heterocycles. The highest BCUT2D eigenvalue weighted by atomic mass is 16.3. The minimum Gasteiger partial charge on any atom is -0.389 e. The summed E-state index contributed by atoms with van der Waals surface area (Å²) in [4.78, 5) is 11.7. The lowest BCUT2D eigenvalue weighted by Gasteiger charge is -2.36. The van der Waals surface area contributed by atoms with Gasteiger partial charge in [0.1, 0.15) is 0 Å². The molecule has 0 aliphatic heterocycles. The molecule has 0 aromatic carbocycles. The highest BCUT2D eigenvalue weighted by Gasteiger charge is 2.33. The van der Waals surface area contributed by atoms with Gasteiger partial charge in [-0.3, -0.25) is 4.79 Å². The first kappa shape index (κ1) is 16.2. The quantitative estimate of drug-likeness (QED) is 0.615. The van der Waals surface area contributed by atoms with Crippen molar-refractivity contribution in [3.05, 3.63) is 12.7 Å². The third kappa shape index (κ3) is 5.33. The fraction of sp³-hybridized carbons (Fsp3) is 0.800. The molecule has 110 valence electrons. The summed E-state index contributed by atoms with van der Waals surface area (Å²) in [7, 11) is 0. The van der Waals surface area contributed by atoms with E-state index in [2.05, 4.69) is 24.1 Å². The topological polar surface area (TPSA) is 61.4 Å². The third-order valence-corrected chi connectivity index (χ3v) is 4.16. The highest BCUT2D eigenvalue weighted by molar-refractivity contribution is 5.81. The Morgan fingerprint density at radius 1 is 1.53 bits per heavy atom. The Balaban J connectivity index is 2.31. The number of carbonyl (C=O) groups is 1. The second-order valence-electron chi connectivity index (χ2n) is 5.71. The molecule has 19 heavy (non-hydrogen) atoms. The van der Waals surface area contributed by atoms with Crippen LogP contribution in [0.5, 0.6) is 0 Å². The summed E-state index contributed by atoms with van der Waals surface area (Å²) in [6.07, 6.45) is 6.70. The van der Waals surface area contributed by atoms with Gasteiger partial charge in [0, 0.05) is 13.1 Å². The summed E-state index contributed by atoms with van der Waals surface area (Å²) < 4.78 is 0. The zero-order chi connectivity index (χ0) is 14.3. The maximum absolute atomic E-state index is 11.7. The molecule has 0 heterocycles. The average Bonchev–Trinajstić information content (AvgIpc) is 2.43. The second-order valence-corrected chi connectivity index (χ2v) is 5.71. The van der Waals surface area contributed by atoms with Crippen LogP contribution in [-0.2, 0) is 4.79 Å². The van der Waals surface area contributed by atoms with Crippen molar-refractivity contribution >= 4 is 5.91 Å². The van der Waals surface area contributed by atoms with Crippen LogP contribution >= 0.6 is 0 Å². The van der Waals surface area contributed by atoms with Crippen molar-refractivity contribution in [2.45, 2.75) is 57.6 Å². The van der Waals surface area contributed by atoms with Crippen LogP contribution < -0.4 is 10.6 Å². The van der Waals surface area contributed by atoms with Crippen LogP contribution in [0, 0.1) is 5.92 Å². The molecule has 0 bridgehead atoms. The van der Waals surface area contributed by atoms with Crippen molar-refractivity contribution in [3.63, 3.8) is 0 Å². The van der Waals surface area contributed by atoms with E-state index < -0.39 is 5.60 Å². The van der Waals surface area contributed by atoms with Gasteiger partial charge >= 0.3 is 0 Å². The van der Waals surface area contributed by atoms with Gasteiger partial charge in [-0.1, -0.05) is 19.4 Å². The summed E-state index contributed by atoms with van der Waals surface area (Å²) in [5, 5.41) is 16.4. The lowest BCUT2D eigenvalue weighted by molar-refractivity contribution is -0.122. The molecule has 0 saturated heterocycles. The van der Waals surface area contributed by atoms with E-state index in [0.717, 1.165) is 31.6 Å². The number of hydrogen-bond donors (Lipinski definition) is 3. The monoisotopic (exact) mass is 268 g/mol. The summed E-state index contributed by atoms with van der Waals surface area (Å²) in [5.74, 6) is 0.708. The van der Waals surface area contributed by atoms with E-state index in [1.54, 1.807) is 6.08 Å². The number of rotatable bonds is 7. The first-order valence-electron chi connectivity index (χ1n) is 7.35. The molecule has 1 aliphatic carbocycles. The Hall–Kier alpha value is -0.870. The lowest BCUT2D eigenvalue weighted by atomic mass is 9.78. The number of amides is 1. The summed E-state index contributed by atoms with van der Waals surface area (Å²) >= 11 is 0. The van der Waals surface area contributed by atoms with Crippen molar-refractivity contribution in [2.24, 2.45) is 5.92 Å². The van der Waals surface area contributed by atoms with Crippen LogP contribution in [0.4, 0.5) is 0 Å². The van der Waals surface area contributed by atoms with Gasteiger partial charge in [0.05, 0.1) is 11.6 Å². The van der Waals surface area contributed by atoms with Gasteiger partial charge in [0.15, 0.2) is 0 Å². The first-order chi connectivity index (χ1) is 9.00. The van der Waals surface area contributed by atoms with E-state index in [1.165, 1.54) is 6.42 Å². The van der Waals surface area contributed by atoms with Crippen molar-refractivity contribution < 1.29 is 9.90 Å². The van der Waals surface area contributed by atoms with E-state index >= 15 is 0 Å². The minimum absolute atomic E-state index is 0.0502. The second kappa shape index (κ2) is 7.65. The average molecular weight is 268 g/mol. The molecule has 1 amide bonds. The van der Waals surface area contributed by atoms with Gasteiger partial charge in [-0.25, -0.2) is 0 Å². The predicted molar refractivity (Wildman–Crippen MR) is 77.9 cm³/mol. The Labute approximate surface area is 116 Å². The fourth-order valence-corrected chi connectivity index (χ4v) is 2.56. The molecule has 3 N–H and O–H groups in total. The minimum atomic E-state index is -0.640. The van der Waals surface area contributed by atoms with Crippen LogP contribution in [0.2, 0.25) is 0 Å². The summed E-state index contributed by atoms with van der Waals surface area (Å²) in [6, 6.07) is -0.284. The van der Waals surface area contributed by atoms with Gasteiger partial charge in [0.25, 0.3) is 0 Å². The highest BCUT2D eigenvalue weighted by Crippen LogP contribution is 2.33. The summed E-state index contributed by atoms with van der Waals surface area (Å²) in [5.41, 5.74) is -0.640. The maximum atomic E-state index is 11.7. The van der Waals surface area contributed by atoms with Gasteiger partial charge in [-0.05, 0) is 38.5 Å². The third-order valence-electron chi connectivity index (χ3n) is 4.16. The normalized spacial score (nSPS) is 28.7. The molecular formula is C15H28N2O2. The SMILES string of the molecule is C=CCNC(=O)C(C)NCC1(O)CCC(CC)CC1. The molecule has 4 heteroatoms. The molecule has 1 saturated carbocycles. The van der Waals surface area contributed by atoms with Gasteiger partial charge in [-0.2, -0.15) is 0 Å². The molecule has 1 atom stereocenters. The predicted octanol–water partition coefficient (Wildman–Crippen LogP) is 1.60. The Bertz CT molecular complexity index is 297. The van der Waals surface area contributed by atoms with E-state index in [4.69, 9.17) is 0 Å². The smallest absolute Gasteiger partial charge is 0.237 e. The van der Waals surface area contributed by atoms with Crippen molar-refractivity contribution in [1.29, 1.82) is 0 Å². The van der Waals surface area contributed by atoms with Gasteiger partial charge < -0.3 is 15.7 Å². The number of hydrogen-bond acceptors (Lipinski definition) is 3. The van der Waals surface area contributed by atoms with Crippen molar-refractivity contribution in [3.8, 4) is 0 Å². The Morgan fingerprint density at radius 2 is 2.16 bits per heavy atom. The van der Waals surface area contributed by atoms with Crippen molar-refractivity contribution in [1.82, 2.24) is 10.6 Å². The lowest BCUT2D eigenvalue weighted by Crippen LogP contribution is -2.50. The number of carbonyl (C=O) groups excluding carboxylic acids is 1. The van der Waals surface area contributed by atoms with Crippen LogP contribution in [0.1, 0.15) is 46.0 Å². The van der Waals surface area contributed by atoms with Crippen LogP contribution in [0.3, 0.4) is 0 Å². The molecule has 1 unspecified atom stereocenters. The molecule has 0 radical (unpaired) electrons. The van der Waals surface area contributed by atoms with E-state index in [1.807, 2.05) is 6.92 Å². The zero-order valence-electron chi connectivity index (χ0n) is 12.2. The molecule has 1 aliphatic rings. The van der Waals surface area contributed by atoms with Crippen LogP contribution in [-0.4, -0.2) is 35.7 Å². The van der Waals surface area contributed by atoms with Crippen LogP contribution in [0.25, 0.3) is 0 Å². The molecule has 0 aromatic rings. The van der Waals surface area contributed by atoms with E-state index in [0.29, 0.717) is 13.1 Å². The number of aliphatic hydroxyl groups is 1. The zero-order valence-corrected chi connectivity index (χ0v) is 12.2. The van der Waals surface area contributed by atoms with Gasteiger partial charge in [-0.15, -0.1) is 6.58 Å². The van der Waals surface area contributed by atoms with Gasteiger partial charge in [0.2, 0.25) is 5.91 Å². The molecule has 1 rings (SSSR count). The Kier molecular flexibility index (Phi) is 6.52. The molecule has 0 spiro atoms. The van der Waals surface area contributed by atoms with Crippen LogP contribution in [0.15, 0.2) is 12.7 Å². The van der Waals surface area contributed by atoms with E-state index in [9.17, 15) is 9.90 Å². The molecule has 4 nitrogen and oxygen atoms in total.